The second-order valence-corrected chi connectivity index (χ2v) is 10.7. The smallest absolute Gasteiger partial charge is 0.297 e. The molecule has 0 saturated carbocycles. The highest BCUT2D eigenvalue weighted by Gasteiger charge is 2.14. The number of carbonyl (C=O) groups excluding carboxylic acids is 1. The molecule has 40 heavy (non-hydrogen) atoms. The van der Waals surface area contributed by atoms with Crippen molar-refractivity contribution >= 4 is 38.8 Å². The fraction of sp³-hybridized carbons (Fsp3) is 0.167. The third-order valence-corrected chi connectivity index (χ3v) is 7.12. The molecule has 0 aromatic heterocycles. The quantitative estimate of drug-likeness (QED) is 0.128. The van der Waals surface area contributed by atoms with Crippen molar-refractivity contribution in [2.24, 2.45) is 10.2 Å². The van der Waals surface area contributed by atoms with Crippen molar-refractivity contribution in [3.8, 4) is 5.75 Å². The first-order chi connectivity index (χ1) is 19.2. The molecule has 0 aliphatic carbocycles. The molecule has 0 atom stereocenters. The van der Waals surface area contributed by atoms with Gasteiger partial charge in [0.15, 0.2) is 0 Å². The van der Waals surface area contributed by atoms with Crippen LogP contribution in [0.2, 0.25) is 0 Å². The molecule has 0 fully saturated rings. The molecule has 4 rings (SSSR count). The summed E-state index contributed by atoms with van der Waals surface area (Å²) in [5.41, 5.74) is 4.50. The van der Waals surface area contributed by atoms with Crippen LogP contribution in [0.3, 0.4) is 0 Å². The van der Waals surface area contributed by atoms with E-state index in [0.29, 0.717) is 22.7 Å². The van der Waals surface area contributed by atoms with Crippen LogP contribution < -0.4 is 15.0 Å². The Labute approximate surface area is 234 Å². The highest BCUT2D eigenvalue weighted by molar-refractivity contribution is 7.86. The lowest BCUT2D eigenvalue weighted by molar-refractivity contribution is 0.102. The van der Waals surface area contributed by atoms with Crippen molar-refractivity contribution in [3.05, 3.63) is 108 Å². The number of carbonyl (C=O) groups is 1. The largest absolute Gasteiger partial charge is 0.491 e. The maximum absolute atomic E-state index is 12.6. The molecular weight excluding hydrogens is 528 g/mol. The minimum atomic E-state index is -3.85. The Morgan fingerprint density at radius 2 is 1.35 bits per heavy atom. The van der Waals surface area contributed by atoms with Gasteiger partial charge in [-0.15, -0.1) is 0 Å². The Morgan fingerprint density at radius 3 is 1.93 bits per heavy atom. The van der Waals surface area contributed by atoms with E-state index in [1.165, 1.54) is 12.1 Å². The summed E-state index contributed by atoms with van der Waals surface area (Å²) in [6.07, 6.45) is 0. The van der Waals surface area contributed by atoms with Gasteiger partial charge in [0.05, 0.1) is 16.3 Å². The molecule has 1 N–H and O–H groups in total. The molecule has 0 radical (unpaired) electrons. The van der Waals surface area contributed by atoms with Crippen LogP contribution in [0.4, 0.5) is 22.7 Å². The lowest BCUT2D eigenvalue weighted by Crippen LogP contribution is -2.13. The molecule has 0 aliphatic rings. The number of amides is 1. The first kappa shape index (κ1) is 28.5. The summed E-state index contributed by atoms with van der Waals surface area (Å²) in [7, 11) is 0.105. The molecule has 206 valence electrons. The molecule has 9 nitrogen and oxygen atoms in total. The first-order valence-corrected chi connectivity index (χ1v) is 13.9. The van der Waals surface area contributed by atoms with Gasteiger partial charge in [-0.3, -0.25) is 8.98 Å². The summed E-state index contributed by atoms with van der Waals surface area (Å²) in [5, 5.41) is 11.3. The summed E-state index contributed by atoms with van der Waals surface area (Å²) in [6.45, 7) is 1.76. The fourth-order valence-corrected chi connectivity index (χ4v) is 4.42. The standard InChI is InChI=1S/C30H30N4O5S/c1-22-4-18-29(19-5-22)40(36,37)39-21-20-38-28-16-6-23(7-17-28)30(35)31-24-8-10-25(11-9-24)32-33-26-12-14-27(15-13-26)34(2)3/h4-19H,20-21H2,1-3H3,(H,31,35)/b33-32+. The lowest BCUT2D eigenvalue weighted by Gasteiger charge is -2.11. The number of ether oxygens (including phenoxy) is 1. The van der Waals surface area contributed by atoms with Crippen LogP contribution in [0, 0.1) is 6.92 Å². The van der Waals surface area contributed by atoms with E-state index in [9.17, 15) is 13.2 Å². The van der Waals surface area contributed by atoms with Gasteiger partial charge in [-0.25, -0.2) is 0 Å². The van der Waals surface area contributed by atoms with Gasteiger partial charge in [-0.1, -0.05) is 17.7 Å². The Kier molecular flexibility index (Phi) is 9.26. The Morgan fingerprint density at radius 1 is 0.775 bits per heavy atom. The normalized spacial score (nSPS) is 11.4. The van der Waals surface area contributed by atoms with Crippen molar-refractivity contribution in [1.82, 2.24) is 0 Å². The number of nitrogens with zero attached hydrogens (tertiary/aromatic N) is 3. The molecule has 0 spiro atoms. The number of aryl methyl sites for hydroxylation is 1. The fourth-order valence-electron chi connectivity index (χ4n) is 3.53. The van der Waals surface area contributed by atoms with E-state index in [1.807, 2.05) is 50.2 Å². The van der Waals surface area contributed by atoms with Crippen LogP contribution in [-0.4, -0.2) is 41.6 Å². The van der Waals surface area contributed by atoms with Crippen LogP contribution in [-0.2, 0) is 14.3 Å². The van der Waals surface area contributed by atoms with Crippen molar-refractivity contribution in [2.45, 2.75) is 11.8 Å². The van der Waals surface area contributed by atoms with Gasteiger partial charge >= 0.3 is 0 Å². The summed E-state index contributed by atoms with van der Waals surface area (Å²) in [4.78, 5) is 14.7. The molecule has 0 saturated heterocycles. The zero-order valence-electron chi connectivity index (χ0n) is 22.4. The van der Waals surface area contributed by atoms with E-state index in [4.69, 9.17) is 8.92 Å². The average Bonchev–Trinajstić information content (AvgIpc) is 2.96. The third-order valence-electron chi connectivity index (χ3n) is 5.79. The maximum atomic E-state index is 12.6. The van der Waals surface area contributed by atoms with Crippen LogP contribution in [0.5, 0.6) is 5.75 Å². The van der Waals surface area contributed by atoms with E-state index in [0.717, 1.165) is 16.9 Å². The number of hydrogen-bond acceptors (Lipinski definition) is 8. The number of hydrogen-bond donors (Lipinski definition) is 1. The maximum Gasteiger partial charge on any atom is 0.297 e. The van der Waals surface area contributed by atoms with Crippen LogP contribution in [0.1, 0.15) is 15.9 Å². The molecule has 4 aromatic carbocycles. The van der Waals surface area contributed by atoms with Crippen molar-refractivity contribution in [2.75, 3.05) is 37.5 Å². The van der Waals surface area contributed by atoms with E-state index in [2.05, 4.69) is 15.5 Å². The monoisotopic (exact) mass is 558 g/mol. The third kappa shape index (κ3) is 7.98. The van der Waals surface area contributed by atoms with E-state index >= 15 is 0 Å². The van der Waals surface area contributed by atoms with E-state index < -0.39 is 10.1 Å². The first-order valence-electron chi connectivity index (χ1n) is 12.5. The van der Waals surface area contributed by atoms with E-state index in [-0.39, 0.29) is 24.0 Å². The van der Waals surface area contributed by atoms with Crippen LogP contribution >= 0.6 is 0 Å². The van der Waals surface area contributed by atoms with E-state index in [1.54, 1.807) is 60.7 Å². The summed E-state index contributed by atoms with van der Waals surface area (Å²) >= 11 is 0. The molecule has 1 amide bonds. The summed E-state index contributed by atoms with van der Waals surface area (Å²) < 4.78 is 35.0. The zero-order valence-corrected chi connectivity index (χ0v) is 23.3. The average molecular weight is 559 g/mol. The van der Waals surface area contributed by atoms with Gasteiger partial charge in [-0.05, 0) is 91.9 Å². The van der Waals surface area contributed by atoms with Crippen LogP contribution in [0.15, 0.2) is 112 Å². The molecule has 0 aliphatic heterocycles. The second-order valence-electron chi connectivity index (χ2n) is 9.07. The topological polar surface area (TPSA) is 110 Å². The molecular formula is C30H30N4O5S. The van der Waals surface area contributed by atoms with Gasteiger partial charge in [0, 0.05) is 31.0 Å². The number of azo groups is 1. The Bertz CT molecular complexity index is 1550. The number of rotatable bonds is 11. The molecule has 0 heterocycles. The van der Waals surface area contributed by atoms with Crippen LogP contribution in [0.25, 0.3) is 0 Å². The predicted octanol–water partition coefficient (Wildman–Crippen LogP) is 6.51. The number of benzene rings is 4. The number of nitrogens with one attached hydrogen (secondary N) is 1. The molecule has 10 heteroatoms. The van der Waals surface area contributed by atoms with Crippen molar-refractivity contribution in [3.63, 3.8) is 0 Å². The minimum Gasteiger partial charge on any atom is -0.491 e. The molecule has 0 unspecified atom stereocenters. The molecule has 0 bridgehead atoms. The minimum absolute atomic E-state index is 0.0295. The Balaban J connectivity index is 1.24. The van der Waals surface area contributed by atoms with Gasteiger partial charge in [0.25, 0.3) is 16.0 Å². The SMILES string of the molecule is Cc1ccc(S(=O)(=O)OCCOc2ccc(C(=O)Nc3ccc(/N=N/c4ccc(N(C)C)cc4)cc3)cc2)cc1. The predicted molar refractivity (Wildman–Crippen MR) is 156 cm³/mol. The van der Waals surface area contributed by atoms with Crippen molar-refractivity contribution in [1.29, 1.82) is 0 Å². The highest BCUT2D eigenvalue weighted by Crippen LogP contribution is 2.23. The Hall–Kier alpha value is -4.54. The van der Waals surface area contributed by atoms with Gasteiger partial charge in [-0.2, -0.15) is 18.6 Å². The van der Waals surface area contributed by atoms with Gasteiger partial charge < -0.3 is 15.0 Å². The molecule has 4 aromatic rings. The summed E-state index contributed by atoms with van der Waals surface area (Å²) in [5.74, 6) is 0.202. The lowest BCUT2D eigenvalue weighted by atomic mass is 10.2. The second kappa shape index (κ2) is 13.0. The zero-order chi connectivity index (χ0) is 28.5. The highest BCUT2D eigenvalue weighted by atomic mass is 32.2. The summed E-state index contributed by atoms with van der Waals surface area (Å²) in [6, 6.07) is 27.7. The van der Waals surface area contributed by atoms with Gasteiger partial charge in [0.2, 0.25) is 0 Å². The van der Waals surface area contributed by atoms with Gasteiger partial charge in [0.1, 0.15) is 19.0 Å². The number of anilines is 2. The van der Waals surface area contributed by atoms with Crippen molar-refractivity contribution < 1.29 is 22.1 Å².